The molecule has 2 aromatic rings. The molecule has 0 atom stereocenters. The summed E-state index contributed by atoms with van der Waals surface area (Å²) < 4.78 is 7.00. The van der Waals surface area contributed by atoms with Gasteiger partial charge in [-0.25, -0.2) is 9.97 Å². The van der Waals surface area contributed by atoms with Crippen LogP contribution in [0.3, 0.4) is 0 Å². The molecule has 0 bridgehead atoms. The average Bonchev–Trinajstić information content (AvgIpc) is 2.54. The highest BCUT2D eigenvalue weighted by molar-refractivity contribution is 7.71. The molecule has 0 saturated heterocycles. The predicted octanol–water partition coefficient (Wildman–Crippen LogP) is 1.94. The molecule has 0 fully saturated rings. The zero-order valence-electron chi connectivity index (χ0n) is 13.7. The molecule has 24 heavy (non-hydrogen) atoms. The summed E-state index contributed by atoms with van der Waals surface area (Å²) in [4.78, 5) is 34.4. The van der Waals surface area contributed by atoms with Gasteiger partial charge in [-0.15, -0.1) is 0 Å². The van der Waals surface area contributed by atoms with Crippen LogP contribution in [-0.4, -0.2) is 32.1 Å². The van der Waals surface area contributed by atoms with Gasteiger partial charge in [-0.2, -0.15) is 0 Å². The molecule has 0 amide bonds. The summed E-state index contributed by atoms with van der Waals surface area (Å²) in [6, 6.07) is 0. The first-order valence-electron chi connectivity index (χ1n) is 7.75. The lowest BCUT2D eigenvalue weighted by Gasteiger charge is -2.09. The van der Waals surface area contributed by atoms with E-state index in [0.717, 1.165) is 5.56 Å². The fourth-order valence-electron chi connectivity index (χ4n) is 2.20. The normalized spacial score (nSPS) is 10.6. The fraction of sp³-hybridized carbons (Fsp3) is 0.438. The Labute approximate surface area is 144 Å². The van der Waals surface area contributed by atoms with Crippen molar-refractivity contribution in [2.24, 2.45) is 0 Å². The third kappa shape index (κ3) is 5.09. The number of carbonyl (C=O) groups excluding carboxylic acids is 1. The maximum absolute atomic E-state index is 12.1. The molecule has 0 saturated carbocycles. The summed E-state index contributed by atoms with van der Waals surface area (Å²) in [6.45, 7) is 4.49. The third-order valence-corrected chi connectivity index (χ3v) is 3.74. The van der Waals surface area contributed by atoms with Crippen LogP contribution in [0, 0.1) is 11.7 Å². The van der Waals surface area contributed by atoms with Crippen molar-refractivity contribution in [1.82, 2.24) is 19.5 Å². The highest BCUT2D eigenvalue weighted by Gasteiger charge is 2.07. The lowest BCUT2D eigenvalue weighted by molar-refractivity contribution is -0.143. The first-order valence-corrected chi connectivity index (χ1v) is 8.16. The van der Waals surface area contributed by atoms with Crippen LogP contribution in [0.2, 0.25) is 0 Å². The number of aromatic amines is 1. The highest BCUT2D eigenvalue weighted by Crippen LogP contribution is 2.05. The Morgan fingerprint density at radius 2 is 2.08 bits per heavy atom. The lowest BCUT2D eigenvalue weighted by atomic mass is 10.1. The van der Waals surface area contributed by atoms with Crippen LogP contribution < -0.4 is 5.56 Å². The summed E-state index contributed by atoms with van der Waals surface area (Å²) in [7, 11) is 0. The van der Waals surface area contributed by atoms with Gasteiger partial charge >= 0.3 is 5.97 Å². The first kappa shape index (κ1) is 18.0. The maximum Gasteiger partial charge on any atom is 0.305 e. The molecule has 128 valence electrons. The van der Waals surface area contributed by atoms with E-state index in [1.807, 2.05) is 0 Å². The molecule has 0 spiro atoms. The van der Waals surface area contributed by atoms with E-state index >= 15 is 0 Å². The summed E-state index contributed by atoms with van der Waals surface area (Å²) in [5, 5.41) is 0. The van der Waals surface area contributed by atoms with E-state index in [2.05, 4.69) is 15.0 Å². The number of carbonyl (C=O) groups is 1. The van der Waals surface area contributed by atoms with Crippen LogP contribution in [-0.2, 0) is 22.5 Å². The van der Waals surface area contributed by atoms with Gasteiger partial charge in [-0.05, 0) is 38.0 Å². The van der Waals surface area contributed by atoms with Gasteiger partial charge in [0.25, 0.3) is 5.56 Å². The van der Waals surface area contributed by atoms with E-state index in [0.29, 0.717) is 48.6 Å². The topological polar surface area (TPSA) is 89.9 Å². The lowest BCUT2D eigenvalue weighted by Crippen LogP contribution is -2.19. The van der Waals surface area contributed by atoms with Crippen molar-refractivity contribution in [2.75, 3.05) is 6.61 Å². The van der Waals surface area contributed by atoms with Gasteiger partial charge in [-0.3, -0.25) is 14.6 Å². The summed E-state index contributed by atoms with van der Waals surface area (Å²) in [6.07, 6.45) is 6.46. The van der Waals surface area contributed by atoms with Gasteiger partial charge < -0.3 is 9.30 Å². The molecule has 8 heteroatoms. The maximum atomic E-state index is 12.1. The first-order chi connectivity index (χ1) is 11.5. The standard InChI is InChI=1S/C16H20N4O3S/c1-3-23-14(21)5-4-6-20-10-13(15(22)19-16(20)24)7-12-8-17-11(2)18-9-12/h8-10H,3-7H2,1-2H3,(H,19,22,24). The van der Waals surface area contributed by atoms with E-state index in [9.17, 15) is 9.59 Å². The number of aryl methyl sites for hydroxylation is 2. The van der Waals surface area contributed by atoms with Crippen molar-refractivity contribution >= 4 is 18.2 Å². The van der Waals surface area contributed by atoms with Gasteiger partial charge in [0, 0.05) is 43.5 Å². The van der Waals surface area contributed by atoms with Crippen LogP contribution in [0.15, 0.2) is 23.4 Å². The summed E-state index contributed by atoms with van der Waals surface area (Å²) in [5.41, 5.74) is 1.20. The van der Waals surface area contributed by atoms with E-state index < -0.39 is 0 Å². The van der Waals surface area contributed by atoms with Gasteiger partial charge in [0.2, 0.25) is 0 Å². The van der Waals surface area contributed by atoms with Crippen LogP contribution in [0.1, 0.15) is 36.7 Å². The molecule has 0 radical (unpaired) electrons. The average molecular weight is 348 g/mol. The number of hydrogen-bond donors (Lipinski definition) is 1. The van der Waals surface area contributed by atoms with Crippen molar-refractivity contribution in [1.29, 1.82) is 0 Å². The largest absolute Gasteiger partial charge is 0.466 e. The molecule has 7 nitrogen and oxygen atoms in total. The molecule has 0 aromatic carbocycles. The Bertz CT molecular complexity index is 811. The quantitative estimate of drug-likeness (QED) is 0.607. The number of H-pyrrole nitrogens is 1. The Kier molecular flexibility index (Phi) is 6.36. The zero-order chi connectivity index (χ0) is 17.5. The molecule has 1 N–H and O–H groups in total. The molecular weight excluding hydrogens is 328 g/mol. The van der Waals surface area contributed by atoms with Crippen molar-refractivity contribution < 1.29 is 9.53 Å². The SMILES string of the molecule is CCOC(=O)CCCn1cc(Cc2cnc(C)nc2)c(=O)[nH]c1=S. The van der Waals surface area contributed by atoms with E-state index in [1.54, 1.807) is 37.0 Å². The van der Waals surface area contributed by atoms with Crippen molar-refractivity contribution in [3.05, 3.63) is 50.7 Å². The van der Waals surface area contributed by atoms with Crippen LogP contribution in [0.5, 0.6) is 0 Å². The summed E-state index contributed by atoms with van der Waals surface area (Å²) in [5.74, 6) is 0.452. The minimum Gasteiger partial charge on any atom is -0.466 e. The Balaban J connectivity index is 2.10. The Morgan fingerprint density at radius 1 is 1.38 bits per heavy atom. The number of ether oxygens (including phenoxy) is 1. The second kappa shape index (κ2) is 8.49. The van der Waals surface area contributed by atoms with Gasteiger partial charge in [0.15, 0.2) is 4.77 Å². The molecule has 0 aliphatic rings. The van der Waals surface area contributed by atoms with Gasteiger partial charge in [0.05, 0.1) is 6.61 Å². The monoisotopic (exact) mass is 348 g/mol. The Hall–Kier alpha value is -2.35. The van der Waals surface area contributed by atoms with Gasteiger partial charge in [0.1, 0.15) is 5.82 Å². The number of nitrogens with one attached hydrogen (secondary N) is 1. The molecule has 0 unspecified atom stereocenters. The van der Waals surface area contributed by atoms with Gasteiger partial charge in [-0.1, -0.05) is 0 Å². The van der Waals surface area contributed by atoms with Crippen molar-refractivity contribution in [3.8, 4) is 0 Å². The summed E-state index contributed by atoms with van der Waals surface area (Å²) >= 11 is 5.18. The minimum atomic E-state index is -0.231. The highest BCUT2D eigenvalue weighted by atomic mass is 32.1. The molecule has 2 rings (SSSR count). The molecule has 2 aromatic heterocycles. The number of aromatic nitrogens is 4. The predicted molar refractivity (Wildman–Crippen MR) is 91.3 cm³/mol. The minimum absolute atomic E-state index is 0.220. The number of nitrogens with zero attached hydrogens (tertiary/aromatic N) is 3. The number of esters is 1. The van der Waals surface area contributed by atoms with E-state index in [1.165, 1.54) is 0 Å². The molecular formula is C16H20N4O3S. The van der Waals surface area contributed by atoms with Crippen LogP contribution in [0.25, 0.3) is 0 Å². The number of hydrogen-bond acceptors (Lipinski definition) is 6. The van der Waals surface area contributed by atoms with Crippen molar-refractivity contribution in [3.63, 3.8) is 0 Å². The second-order valence-corrected chi connectivity index (χ2v) is 5.72. The molecule has 0 aliphatic carbocycles. The third-order valence-electron chi connectivity index (χ3n) is 3.40. The fourth-order valence-corrected chi connectivity index (χ4v) is 2.44. The van der Waals surface area contributed by atoms with E-state index in [-0.39, 0.29) is 11.5 Å². The molecule has 0 aliphatic heterocycles. The second-order valence-electron chi connectivity index (χ2n) is 5.33. The van der Waals surface area contributed by atoms with Crippen LogP contribution >= 0.6 is 12.2 Å². The zero-order valence-corrected chi connectivity index (χ0v) is 14.6. The van der Waals surface area contributed by atoms with Crippen LogP contribution in [0.4, 0.5) is 0 Å². The van der Waals surface area contributed by atoms with Crippen molar-refractivity contribution in [2.45, 2.75) is 39.7 Å². The molecule has 2 heterocycles. The van der Waals surface area contributed by atoms with E-state index in [4.69, 9.17) is 17.0 Å². The number of rotatable bonds is 7. The smallest absolute Gasteiger partial charge is 0.305 e. The Morgan fingerprint density at radius 3 is 2.75 bits per heavy atom.